The van der Waals surface area contributed by atoms with Crippen molar-refractivity contribution in [2.45, 2.75) is 10.1 Å². The molecule has 18 heavy (non-hydrogen) atoms. The van der Waals surface area contributed by atoms with Crippen LogP contribution in [0.4, 0.5) is 5.69 Å². The smallest absolute Gasteiger partial charge is 0.337 e. The monoisotopic (exact) mass is 281 g/mol. The van der Waals surface area contributed by atoms with Gasteiger partial charge >= 0.3 is 5.97 Å². The maximum absolute atomic E-state index is 10.7. The van der Waals surface area contributed by atoms with E-state index in [4.69, 9.17) is 22.4 Å². The minimum absolute atomic E-state index is 0.0453. The van der Waals surface area contributed by atoms with Crippen molar-refractivity contribution in [2.24, 2.45) is 0 Å². The molecule has 3 N–H and O–H groups in total. The highest BCUT2D eigenvalue weighted by molar-refractivity contribution is 7.99. The molecule has 0 aliphatic heterocycles. The van der Waals surface area contributed by atoms with Crippen LogP contribution < -0.4 is 5.73 Å². The van der Waals surface area contributed by atoms with Gasteiger partial charge in [-0.25, -0.2) is 14.8 Å². The van der Waals surface area contributed by atoms with E-state index in [0.29, 0.717) is 15.1 Å². The van der Waals surface area contributed by atoms with Crippen molar-refractivity contribution in [3.05, 3.63) is 41.2 Å². The topological polar surface area (TPSA) is 89.1 Å². The van der Waals surface area contributed by atoms with Gasteiger partial charge in [-0.2, -0.15) is 0 Å². The summed E-state index contributed by atoms with van der Waals surface area (Å²) in [5.41, 5.74) is 6.06. The average Bonchev–Trinajstić information content (AvgIpc) is 2.34. The summed E-state index contributed by atoms with van der Waals surface area (Å²) in [7, 11) is 0. The summed E-state index contributed by atoms with van der Waals surface area (Å²) in [6, 6.07) is 4.78. The molecule has 0 aromatic carbocycles. The van der Waals surface area contributed by atoms with Crippen molar-refractivity contribution in [2.75, 3.05) is 5.73 Å². The van der Waals surface area contributed by atoms with Crippen molar-refractivity contribution in [3.63, 3.8) is 0 Å². The zero-order chi connectivity index (χ0) is 13.1. The van der Waals surface area contributed by atoms with Crippen molar-refractivity contribution >= 4 is 35.0 Å². The molecule has 92 valence electrons. The fraction of sp³-hybridized carbons (Fsp3) is 0. The van der Waals surface area contributed by atoms with E-state index in [0.717, 1.165) is 0 Å². The number of pyridine rings is 2. The maximum atomic E-state index is 10.7. The number of nitrogen functional groups attached to an aromatic ring is 1. The Balaban J connectivity index is 2.30. The minimum atomic E-state index is -1.07. The molecule has 0 saturated heterocycles. The van der Waals surface area contributed by atoms with Crippen LogP contribution in [0.2, 0.25) is 5.02 Å². The molecule has 2 aromatic heterocycles. The molecule has 0 amide bonds. The molecule has 0 radical (unpaired) electrons. The molecule has 0 aliphatic carbocycles. The molecule has 7 heteroatoms. The fourth-order valence-corrected chi connectivity index (χ4v) is 2.19. The van der Waals surface area contributed by atoms with Crippen LogP contribution in [0.5, 0.6) is 0 Å². The molecular weight excluding hydrogens is 274 g/mol. The molecule has 0 unspecified atom stereocenters. The highest BCUT2D eigenvalue weighted by Crippen LogP contribution is 2.33. The van der Waals surface area contributed by atoms with Crippen LogP contribution in [0.15, 0.2) is 40.6 Å². The highest BCUT2D eigenvalue weighted by atomic mass is 35.5. The molecule has 0 aliphatic rings. The summed E-state index contributed by atoms with van der Waals surface area (Å²) in [5, 5.41) is 10.3. The molecule has 2 rings (SSSR count). The lowest BCUT2D eigenvalue weighted by molar-refractivity contribution is 0.0696. The average molecular weight is 282 g/mol. The Labute approximate surface area is 112 Å². The number of anilines is 1. The van der Waals surface area contributed by atoms with Crippen LogP contribution in [0.3, 0.4) is 0 Å². The van der Waals surface area contributed by atoms with E-state index in [9.17, 15) is 4.79 Å². The lowest BCUT2D eigenvalue weighted by Crippen LogP contribution is -2.01. The molecule has 0 spiro atoms. The molecule has 2 aromatic rings. The standard InChI is InChI=1S/C11H8ClN3O2S/c12-7-2-1-3-14-9(7)18-10-8(13)4-6(5-15-10)11(16)17/h1-5H,13H2,(H,16,17). The van der Waals surface area contributed by atoms with E-state index in [1.807, 2.05) is 0 Å². The Morgan fingerprint density at radius 2 is 2.17 bits per heavy atom. The van der Waals surface area contributed by atoms with Gasteiger partial charge in [0, 0.05) is 12.4 Å². The Morgan fingerprint density at radius 3 is 2.78 bits per heavy atom. The number of carboxylic acids is 1. The van der Waals surface area contributed by atoms with Crippen LogP contribution in [0.1, 0.15) is 10.4 Å². The third-order valence-electron chi connectivity index (χ3n) is 2.04. The lowest BCUT2D eigenvalue weighted by Gasteiger charge is -2.05. The van der Waals surface area contributed by atoms with Crippen LogP contribution in [0, 0.1) is 0 Å². The first-order chi connectivity index (χ1) is 8.58. The van der Waals surface area contributed by atoms with E-state index >= 15 is 0 Å². The first-order valence-corrected chi connectivity index (χ1v) is 6.04. The first-order valence-electron chi connectivity index (χ1n) is 4.85. The SMILES string of the molecule is Nc1cc(C(=O)O)cnc1Sc1ncccc1Cl. The summed E-state index contributed by atoms with van der Waals surface area (Å²) >= 11 is 7.15. The number of carbonyl (C=O) groups is 1. The summed E-state index contributed by atoms with van der Waals surface area (Å²) < 4.78 is 0. The number of aromatic nitrogens is 2. The van der Waals surface area contributed by atoms with E-state index < -0.39 is 5.97 Å². The number of nitrogens with zero attached hydrogens (tertiary/aromatic N) is 2. The second-order valence-corrected chi connectivity index (χ2v) is 4.70. The lowest BCUT2D eigenvalue weighted by atomic mass is 10.3. The van der Waals surface area contributed by atoms with E-state index in [1.54, 1.807) is 18.3 Å². The van der Waals surface area contributed by atoms with Gasteiger partial charge in [0.1, 0.15) is 10.1 Å². The molecule has 0 bridgehead atoms. The van der Waals surface area contributed by atoms with Crippen molar-refractivity contribution in [1.29, 1.82) is 0 Å². The Bertz CT molecular complexity index is 607. The van der Waals surface area contributed by atoms with Crippen LogP contribution >= 0.6 is 23.4 Å². The van der Waals surface area contributed by atoms with Crippen LogP contribution in [0.25, 0.3) is 0 Å². The maximum Gasteiger partial charge on any atom is 0.337 e. The van der Waals surface area contributed by atoms with Gasteiger partial charge in [-0.1, -0.05) is 11.6 Å². The van der Waals surface area contributed by atoms with Gasteiger partial charge < -0.3 is 10.8 Å². The van der Waals surface area contributed by atoms with Gasteiger partial charge in [0.05, 0.1) is 16.3 Å². The highest BCUT2D eigenvalue weighted by Gasteiger charge is 2.11. The molecule has 0 fully saturated rings. The predicted octanol–water partition coefficient (Wildman–Crippen LogP) is 2.56. The minimum Gasteiger partial charge on any atom is -0.478 e. The Kier molecular flexibility index (Phi) is 3.69. The van der Waals surface area contributed by atoms with Gasteiger partial charge in [0.2, 0.25) is 0 Å². The van der Waals surface area contributed by atoms with Gasteiger partial charge in [-0.3, -0.25) is 0 Å². The van der Waals surface area contributed by atoms with Gasteiger partial charge in [-0.15, -0.1) is 0 Å². The molecule has 0 atom stereocenters. The second-order valence-electron chi connectivity index (χ2n) is 3.32. The summed E-state index contributed by atoms with van der Waals surface area (Å²) in [5.74, 6) is -1.07. The van der Waals surface area contributed by atoms with E-state index in [-0.39, 0.29) is 11.3 Å². The van der Waals surface area contributed by atoms with Crippen molar-refractivity contribution in [1.82, 2.24) is 9.97 Å². The number of carboxylic acid groups (broad SMARTS) is 1. The molecule has 5 nitrogen and oxygen atoms in total. The van der Waals surface area contributed by atoms with E-state index in [1.165, 1.54) is 24.0 Å². The number of halogens is 1. The number of rotatable bonds is 3. The quantitative estimate of drug-likeness (QED) is 0.899. The van der Waals surface area contributed by atoms with Crippen LogP contribution in [-0.4, -0.2) is 21.0 Å². The number of hydrogen-bond donors (Lipinski definition) is 2. The van der Waals surface area contributed by atoms with Gasteiger partial charge in [0.25, 0.3) is 0 Å². The second kappa shape index (κ2) is 5.24. The number of nitrogens with two attached hydrogens (primary N) is 1. The number of aromatic carboxylic acids is 1. The summed E-state index contributed by atoms with van der Waals surface area (Å²) in [6.45, 7) is 0. The molecule has 2 heterocycles. The largest absolute Gasteiger partial charge is 0.478 e. The third-order valence-corrected chi connectivity index (χ3v) is 3.51. The van der Waals surface area contributed by atoms with E-state index in [2.05, 4.69) is 9.97 Å². The Hall–Kier alpha value is -1.79. The van der Waals surface area contributed by atoms with Crippen LogP contribution in [-0.2, 0) is 0 Å². The third kappa shape index (κ3) is 2.72. The molecule has 0 saturated carbocycles. The van der Waals surface area contributed by atoms with Gasteiger partial charge in [-0.05, 0) is 30.0 Å². The molecular formula is C11H8ClN3O2S. The predicted molar refractivity (Wildman–Crippen MR) is 69.0 cm³/mol. The first kappa shape index (κ1) is 12.7. The summed E-state index contributed by atoms with van der Waals surface area (Å²) in [6.07, 6.45) is 2.86. The van der Waals surface area contributed by atoms with Crippen molar-refractivity contribution in [3.8, 4) is 0 Å². The number of hydrogen-bond acceptors (Lipinski definition) is 5. The zero-order valence-corrected chi connectivity index (χ0v) is 10.6. The fourth-order valence-electron chi connectivity index (χ4n) is 1.21. The Morgan fingerprint density at radius 1 is 1.39 bits per heavy atom. The van der Waals surface area contributed by atoms with Crippen molar-refractivity contribution < 1.29 is 9.90 Å². The van der Waals surface area contributed by atoms with Gasteiger partial charge in [0.15, 0.2) is 0 Å². The normalized spacial score (nSPS) is 10.3. The zero-order valence-electron chi connectivity index (χ0n) is 9.00. The summed E-state index contributed by atoms with van der Waals surface area (Å²) in [4.78, 5) is 18.8.